The van der Waals surface area contributed by atoms with Crippen molar-refractivity contribution in [3.63, 3.8) is 0 Å². The Morgan fingerprint density at radius 2 is 2.42 bits per heavy atom. The van der Waals surface area contributed by atoms with Gasteiger partial charge in [-0.15, -0.1) is 0 Å². The average Bonchev–Trinajstić information content (AvgIpc) is 2.47. The number of rotatable bonds is 4. The van der Waals surface area contributed by atoms with Gasteiger partial charge in [-0.25, -0.2) is 0 Å². The fourth-order valence-electron chi connectivity index (χ4n) is 2.18. The maximum absolute atomic E-state index is 8.58. The number of anilines is 1. The normalized spacial score (nSPS) is 20.3. The highest BCUT2D eigenvalue weighted by Gasteiger charge is 2.16. The van der Waals surface area contributed by atoms with Crippen LogP contribution in [-0.4, -0.2) is 42.3 Å². The van der Waals surface area contributed by atoms with Crippen molar-refractivity contribution in [1.29, 1.82) is 0 Å². The van der Waals surface area contributed by atoms with E-state index in [1.54, 1.807) is 12.3 Å². The van der Waals surface area contributed by atoms with Crippen molar-refractivity contribution >= 4 is 11.5 Å². The number of ether oxygens (including phenoxy) is 1. The van der Waals surface area contributed by atoms with E-state index in [1.165, 1.54) is 6.42 Å². The summed E-state index contributed by atoms with van der Waals surface area (Å²) in [7, 11) is 2.01. The van der Waals surface area contributed by atoms with Crippen molar-refractivity contribution in [1.82, 2.24) is 4.98 Å². The Morgan fingerprint density at radius 3 is 3.00 bits per heavy atom. The predicted octanol–water partition coefficient (Wildman–Crippen LogP) is 1.18. The third-order valence-corrected chi connectivity index (χ3v) is 3.31. The highest BCUT2D eigenvalue weighted by molar-refractivity contribution is 5.95. The summed E-state index contributed by atoms with van der Waals surface area (Å²) in [5.41, 5.74) is 6.93. The van der Waals surface area contributed by atoms with Crippen LogP contribution >= 0.6 is 0 Å². The molecule has 1 fully saturated rings. The van der Waals surface area contributed by atoms with Crippen LogP contribution < -0.4 is 10.6 Å². The van der Waals surface area contributed by atoms with Crippen molar-refractivity contribution < 1.29 is 9.94 Å². The van der Waals surface area contributed by atoms with E-state index in [0.717, 1.165) is 31.7 Å². The second-order valence-electron chi connectivity index (χ2n) is 4.76. The van der Waals surface area contributed by atoms with Gasteiger partial charge in [0.1, 0.15) is 5.69 Å². The van der Waals surface area contributed by atoms with Gasteiger partial charge in [0.15, 0.2) is 5.84 Å². The average molecular weight is 264 g/mol. The molecule has 0 spiro atoms. The third kappa shape index (κ3) is 3.57. The van der Waals surface area contributed by atoms with Gasteiger partial charge in [-0.3, -0.25) is 4.98 Å². The summed E-state index contributed by atoms with van der Waals surface area (Å²) < 4.78 is 5.72. The zero-order valence-electron chi connectivity index (χ0n) is 11.1. The second-order valence-corrected chi connectivity index (χ2v) is 4.76. The molecule has 1 saturated heterocycles. The molecule has 0 amide bonds. The van der Waals surface area contributed by atoms with E-state index < -0.39 is 0 Å². The number of pyridine rings is 1. The number of aromatic nitrogens is 1. The van der Waals surface area contributed by atoms with Crippen LogP contribution in [0.4, 0.5) is 5.69 Å². The zero-order valence-corrected chi connectivity index (χ0v) is 11.1. The third-order valence-electron chi connectivity index (χ3n) is 3.31. The van der Waals surface area contributed by atoms with E-state index in [1.807, 2.05) is 13.1 Å². The largest absolute Gasteiger partial charge is 0.409 e. The molecule has 2 heterocycles. The molecular weight excluding hydrogens is 244 g/mol. The maximum Gasteiger partial charge on any atom is 0.188 e. The Labute approximate surface area is 112 Å². The van der Waals surface area contributed by atoms with Gasteiger partial charge in [0.05, 0.1) is 18.0 Å². The van der Waals surface area contributed by atoms with Gasteiger partial charge in [-0.2, -0.15) is 0 Å². The number of nitrogens with two attached hydrogens (primary N) is 1. The summed E-state index contributed by atoms with van der Waals surface area (Å²) in [6.45, 7) is 1.71. The minimum absolute atomic E-state index is 0.0183. The topological polar surface area (TPSA) is 84.0 Å². The maximum atomic E-state index is 8.58. The van der Waals surface area contributed by atoms with Crippen LogP contribution in [0.25, 0.3) is 0 Å². The van der Waals surface area contributed by atoms with Gasteiger partial charge in [0.25, 0.3) is 0 Å². The second kappa shape index (κ2) is 6.38. The Morgan fingerprint density at radius 1 is 1.58 bits per heavy atom. The Hall–Kier alpha value is -1.82. The number of nitrogens with zero attached hydrogens (tertiary/aromatic N) is 3. The number of amidine groups is 1. The van der Waals surface area contributed by atoms with E-state index in [2.05, 4.69) is 15.0 Å². The van der Waals surface area contributed by atoms with E-state index in [0.29, 0.717) is 11.8 Å². The molecule has 3 N–H and O–H groups in total. The molecule has 6 heteroatoms. The summed E-state index contributed by atoms with van der Waals surface area (Å²) in [6, 6.07) is 3.64. The van der Waals surface area contributed by atoms with Gasteiger partial charge in [0, 0.05) is 20.2 Å². The lowest BCUT2D eigenvalue weighted by Gasteiger charge is -2.28. The van der Waals surface area contributed by atoms with Gasteiger partial charge in [-0.05, 0) is 31.4 Å². The van der Waals surface area contributed by atoms with Gasteiger partial charge in [0.2, 0.25) is 0 Å². The summed E-state index contributed by atoms with van der Waals surface area (Å²) in [6.07, 6.45) is 5.52. The van der Waals surface area contributed by atoms with Gasteiger partial charge < -0.3 is 20.6 Å². The Bertz CT molecular complexity index is 427. The summed E-state index contributed by atoms with van der Waals surface area (Å²) >= 11 is 0. The molecule has 19 heavy (non-hydrogen) atoms. The predicted molar refractivity (Wildman–Crippen MR) is 73.6 cm³/mol. The van der Waals surface area contributed by atoms with Crippen LogP contribution in [0.2, 0.25) is 0 Å². The molecule has 0 saturated carbocycles. The number of likely N-dealkylation sites (N-methyl/N-ethyl adjacent to an activating group) is 1. The fourth-order valence-corrected chi connectivity index (χ4v) is 2.18. The molecule has 104 valence electrons. The van der Waals surface area contributed by atoms with Crippen LogP contribution in [-0.2, 0) is 4.74 Å². The molecule has 0 radical (unpaired) electrons. The zero-order chi connectivity index (χ0) is 13.7. The summed E-state index contributed by atoms with van der Waals surface area (Å²) in [4.78, 5) is 6.28. The number of oxime groups is 1. The van der Waals surface area contributed by atoms with Crippen molar-refractivity contribution in [3.8, 4) is 0 Å². The Balaban J connectivity index is 1.96. The molecule has 0 aromatic carbocycles. The molecule has 0 bridgehead atoms. The highest BCUT2D eigenvalue weighted by Crippen LogP contribution is 2.17. The molecular formula is C13H20N4O2. The van der Waals surface area contributed by atoms with Crippen LogP contribution in [0.1, 0.15) is 25.0 Å². The quantitative estimate of drug-likeness (QED) is 0.369. The van der Waals surface area contributed by atoms with Crippen molar-refractivity contribution in [2.24, 2.45) is 10.9 Å². The van der Waals surface area contributed by atoms with Crippen molar-refractivity contribution in [3.05, 3.63) is 24.0 Å². The summed E-state index contributed by atoms with van der Waals surface area (Å²) in [5.74, 6) is 0.0183. The van der Waals surface area contributed by atoms with Crippen LogP contribution in [0.3, 0.4) is 0 Å². The molecule has 2 rings (SSSR count). The minimum atomic E-state index is 0.0183. The van der Waals surface area contributed by atoms with E-state index in [4.69, 9.17) is 15.7 Å². The number of hydrogen-bond acceptors (Lipinski definition) is 5. The van der Waals surface area contributed by atoms with E-state index in [-0.39, 0.29) is 5.84 Å². The molecule has 6 nitrogen and oxygen atoms in total. The highest BCUT2D eigenvalue weighted by atomic mass is 16.5. The lowest BCUT2D eigenvalue weighted by Crippen LogP contribution is -2.33. The van der Waals surface area contributed by atoms with Crippen LogP contribution in [0.15, 0.2) is 23.5 Å². The Kier molecular flexibility index (Phi) is 4.57. The first kappa shape index (κ1) is 13.6. The first-order valence-electron chi connectivity index (χ1n) is 6.47. The SMILES string of the molecule is CN(CC1CCCCO1)c1ccc(/C(N)=N/O)nc1. The molecule has 1 aliphatic heterocycles. The first-order chi connectivity index (χ1) is 9.20. The van der Waals surface area contributed by atoms with Gasteiger partial charge >= 0.3 is 0 Å². The minimum Gasteiger partial charge on any atom is -0.409 e. The van der Waals surface area contributed by atoms with Crippen molar-refractivity contribution in [2.75, 3.05) is 25.1 Å². The fraction of sp³-hybridized carbons (Fsp3) is 0.538. The monoisotopic (exact) mass is 264 g/mol. The lowest BCUT2D eigenvalue weighted by molar-refractivity contribution is 0.0216. The van der Waals surface area contributed by atoms with Crippen molar-refractivity contribution in [2.45, 2.75) is 25.4 Å². The molecule has 1 atom stereocenters. The van der Waals surface area contributed by atoms with E-state index in [9.17, 15) is 0 Å². The molecule has 1 unspecified atom stereocenters. The molecule has 1 aromatic heterocycles. The molecule has 1 aromatic rings. The van der Waals surface area contributed by atoms with Crippen LogP contribution in [0.5, 0.6) is 0 Å². The van der Waals surface area contributed by atoms with Crippen LogP contribution in [0, 0.1) is 0 Å². The lowest BCUT2D eigenvalue weighted by atomic mass is 10.1. The molecule has 1 aliphatic rings. The molecule has 0 aliphatic carbocycles. The van der Waals surface area contributed by atoms with Gasteiger partial charge in [-0.1, -0.05) is 5.16 Å². The first-order valence-corrected chi connectivity index (χ1v) is 6.47. The van der Waals surface area contributed by atoms with E-state index >= 15 is 0 Å². The standard InChI is InChI=1S/C13H20N4O2/c1-17(9-11-4-2-3-7-19-11)10-5-6-12(15-8-10)13(14)16-18/h5-6,8,11,18H,2-4,7,9H2,1H3,(H2,14,16). The smallest absolute Gasteiger partial charge is 0.188 e. The number of hydrogen-bond donors (Lipinski definition) is 2. The summed E-state index contributed by atoms with van der Waals surface area (Å²) in [5, 5.41) is 11.5.